The molecule has 4 heterocycles. The Morgan fingerprint density at radius 2 is 2.06 bits per heavy atom. The summed E-state index contributed by atoms with van der Waals surface area (Å²) in [7, 11) is 1.69. The van der Waals surface area contributed by atoms with Crippen molar-refractivity contribution < 1.29 is 31.3 Å². The third kappa shape index (κ3) is 4.90. The molecule has 3 saturated heterocycles. The van der Waals surface area contributed by atoms with Crippen molar-refractivity contribution in [3.8, 4) is 5.75 Å². The molecule has 3 aliphatic heterocycles. The van der Waals surface area contributed by atoms with Crippen LogP contribution in [-0.2, 0) is 0 Å². The van der Waals surface area contributed by atoms with E-state index in [4.69, 9.17) is 4.74 Å². The zero-order valence-corrected chi connectivity index (χ0v) is 21.3. The van der Waals surface area contributed by atoms with Gasteiger partial charge in [-0.25, -0.2) is 0 Å². The minimum Gasteiger partial charge on any atom is -1.00 e. The first-order valence-corrected chi connectivity index (χ1v) is 12.2. The van der Waals surface area contributed by atoms with Crippen molar-refractivity contribution in [3.63, 3.8) is 0 Å². The van der Waals surface area contributed by atoms with Gasteiger partial charge in [0.25, 0.3) is 0 Å². The fourth-order valence-corrected chi connectivity index (χ4v) is 6.26. The summed E-state index contributed by atoms with van der Waals surface area (Å²) in [6.45, 7) is 9.92. The van der Waals surface area contributed by atoms with Crippen LogP contribution in [0.4, 0.5) is 0 Å². The molecule has 2 bridgehead atoms. The summed E-state index contributed by atoms with van der Waals surface area (Å²) in [6.07, 6.45) is 12.4. The molecule has 5 atom stereocenters. The monoisotopic (exact) mass is 502 g/mol. The number of unbranched alkanes of at least 4 members (excludes halogenated alkanes) is 4. The third-order valence-electron chi connectivity index (χ3n) is 8.05. The van der Waals surface area contributed by atoms with E-state index in [0.29, 0.717) is 11.8 Å². The van der Waals surface area contributed by atoms with Crippen molar-refractivity contribution >= 4 is 10.9 Å². The number of hydrogen-bond donors (Lipinski definition) is 1. The minimum absolute atomic E-state index is 0. The lowest BCUT2D eigenvalue weighted by Gasteiger charge is -2.58. The van der Waals surface area contributed by atoms with Crippen molar-refractivity contribution in [2.45, 2.75) is 64.0 Å². The maximum absolute atomic E-state index is 11.8. The molecule has 1 aromatic carbocycles. The zero-order chi connectivity index (χ0) is 21.8. The Kier molecular flexibility index (Phi) is 8.76. The van der Waals surface area contributed by atoms with Crippen LogP contribution in [0.3, 0.4) is 0 Å². The van der Waals surface area contributed by atoms with Crippen LogP contribution in [0, 0.1) is 11.8 Å². The van der Waals surface area contributed by atoms with E-state index >= 15 is 0 Å². The number of aliphatic hydroxyl groups is 1. The second kappa shape index (κ2) is 11.1. The van der Waals surface area contributed by atoms with Crippen LogP contribution < -0.4 is 21.7 Å². The van der Waals surface area contributed by atoms with Crippen molar-refractivity contribution in [1.82, 2.24) is 4.98 Å². The third-order valence-corrected chi connectivity index (χ3v) is 8.05. The number of hydrogen-bond acceptors (Lipinski definition) is 3. The maximum atomic E-state index is 11.8. The van der Waals surface area contributed by atoms with Gasteiger partial charge in [-0.1, -0.05) is 32.3 Å². The maximum Gasteiger partial charge on any atom is 0.131 e. The first-order chi connectivity index (χ1) is 15.1. The summed E-state index contributed by atoms with van der Waals surface area (Å²) in [4.78, 5) is 4.53. The Balaban J connectivity index is 0.00000289. The molecule has 1 N–H and O–H groups in total. The average molecular weight is 504 g/mol. The number of aliphatic hydroxyl groups excluding tert-OH is 1. The standard InChI is InChI=1S/C27H39N2O2.BrH/c1-4-6-7-8-9-15-29-16-13-21(20(5-2)19-29)17-26(29)27(30)23-12-14-28-25-11-10-22(31-3)18-24(23)25;/h5,10-12,14,18,20-21,26-27,30H,2,4,6-9,13,15-17,19H2,1,3H3;1H/q+1;/p-1. The Morgan fingerprint density at radius 3 is 2.81 bits per heavy atom. The number of quaternary nitrogens is 1. The summed E-state index contributed by atoms with van der Waals surface area (Å²) in [5.41, 5.74) is 1.92. The number of aromatic nitrogens is 1. The summed E-state index contributed by atoms with van der Waals surface area (Å²) in [6, 6.07) is 8.22. The molecule has 0 aliphatic carbocycles. The Hall–Kier alpha value is -1.43. The predicted molar refractivity (Wildman–Crippen MR) is 127 cm³/mol. The highest BCUT2D eigenvalue weighted by Gasteiger charge is 2.53. The number of rotatable bonds is 10. The van der Waals surface area contributed by atoms with Crippen LogP contribution in [0.25, 0.3) is 10.9 Å². The average Bonchev–Trinajstić information content (AvgIpc) is 2.82. The van der Waals surface area contributed by atoms with Gasteiger partial charge in [-0.3, -0.25) is 4.98 Å². The van der Waals surface area contributed by atoms with Crippen molar-refractivity contribution in [3.05, 3.63) is 48.7 Å². The lowest BCUT2D eigenvalue weighted by atomic mass is 9.71. The molecule has 3 aliphatic rings. The minimum atomic E-state index is -0.484. The number of benzene rings is 1. The highest BCUT2D eigenvalue weighted by molar-refractivity contribution is 5.83. The number of pyridine rings is 1. The summed E-state index contributed by atoms with van der Waals surface area (Å²) >= 11 is 0. The Labute approximate surface area is 204 Å². The van der Waals surface area contributed by atoms with Gasteiger partial charge < -0.3 is 31.3 Å². The summed E-state index contributed by atoms with van der Waals surface area (Å²) < 4.78 is 6.51. The van der Waals surface area contributed by atoms with E-state index in [2.05, 4.69) is 24.6 Å². The van der Waals surface area contributed by atoms with E-state index in [1.165, 1.54) is 51.6 Å². The van der Waals surface area contributed by atoms with Gasteiger partial charge in [0.05, 0.1) is 32.3 Å². The molecule has 5 heteroatoms. The van der Waals surface area contributed by atoms with Crippen LogP contribution in [0.15, 0.2) is 43.1 Å². The molecule has 5 unspecified atom stereocenters. The second-order valence-corrected chi connectivity index (χ2v) is 9.74. The van der Waals surface area contributed by atoms with Gasteiger partial charge in [-0.15, -0.1) is 6.58 Å². The van der Waals surface area contributed by atoms with E-state index in [0.717, 1.165) is 39.7 Å². The van der Waals surface area contributed by atoms with E-state index in [-0.39, 0.29) is 23.0 Å². The molecule has 0 radical (unpaired) electrons. The highest BCUT2D eigenvalue weighted by atomic mass is 79.9. The van der Waals surface area contributed by atoms with Gasteiger partial charge in [-0.2, -0.15) is 0 Å². The van der Waals surface area contributed by atoms with E-state index in [9.17, 15) is 5.11 Å². The number of fused-ring (bicyclic) bond motifs is 4. The number of nitrogens with zero attached hydrogens (tertiary/aromatic N) is 2. The molecular weight excluding hydrogens is 464 g/mol. The van der Waals surface area contributed by atoms with Gasteiger partial charge in [0, 0.05) is 30.3 Å². The van der Waals surface area contributed by atoms with Gasteiger partial charge >= 0.3 is 0 Å². The first-order valence-electron chi connectivity index (χ1n) is 12.2. The predicted octanol–water partition coefficient (Wildman–Crippen LogP) is 2.66. The Bertz CT molecular complexity index is 904. The largest absolute Gasteiger partial charge is 1.00 e. The molecule has 176 valence electrons. The summed E-state index contributed by atoms with van der Waals surface area (Å²) in [5.74, 6) is 2.05. The normalized spacial score (nSPS) is 27.7. The van der Waals surface area contributed by atoms with Crippen LogP contribution in [0.1, 0.15) is 63.5 Å². The second-order valence-electron chi connectivity index (χ2n) is 9.74. The molecular formula is C27H39BrN2O2. The van der Waals surface area contributed by atoms with E-state index in [1.807, 2.05) is 30.5 Å². The van der Waals surface area contributed by atoms with Crippen molar-refractivity contribution in [2.75, 3.05) is 26.7 Å². The topological polar surface area (TPSA) is 42.4 Å². The van der Waals surface area contributed by atoms with Gasteiger partial charge in [0.1, 0.15) is 17.9 Å². The van der Waals surface area contributed by atoms with Crippen LogP contribution >= 0.6 is 0 Å². The first kappa shape index (κ1) is 25.2. The van der Waals surface area contributed by atoms with Gasteiger partial charge in [0.15, 0.2) is 0 Å². The molecule has 3 fully saturated rings. The Morgan fingerprint density at radius 1 is 1.25 bits per heavy atom. The summed E-state index contributed by atoms with van der Waals surface area (Å²) in [5, 5.41) is 12.8. The lowest BCUT2D eigenvalue weighted by Crippen LogP contribution is -3.00. The van der Waals surface area contributed by atoms with Crippen LogP contribution in [0.2, 0.25) is 0 Å². The van der Waals surface area contributed by atoms with Crippen molar-refractivity contribution in [2.24, 2.45) is 11.8 Å². The van der Waals surface area contributed by atoms with Crippen LogP contribution in [-0.4, -0.2) is 47.4 Å². The SMILES string of the molecule is C=CC1C[N+]2(CCCCCCC)CCC1CC2C(O)c1ccnc2ccc(OC)cc12.[Br-]. The molecule has 1 aromatic heterocycles. The number of methoxy groups -OCH3 is 1. The van der Waals surface area contributed by atoms with E-state index < -0.39 is 6.10 Å². The number of piperidine rings is 3. The van der Waals surface area contributed by atoms with Crippen molar-refractivity contribution in [1.29, 1.82) is 0 Å². The lowest BCUT2D eigenvalue weighted by molar-refractivity contribution is -0.973. The molecule has 2 aromatic rings. The highest BCUT2D eigenvalue weighted by Crippen LogP contribution is 2.47. The van der Waals surface area contributed by atoms with Crippen LogP contribution in [0.5, 0.6) is 5.75 Å². The van der Waals surface area contributed by atoms with Gasteiger partial charge in [0.2, 0.25) is 0 Å². The molecule has 5 rings (SSSR count). The molecule has 32 heavy (non-hydrogen) atoms. The molecule has 0 saturated carbocycles. The molecule has 4 nitrogen and oxygen atoms in total. The zero-order valence-electron chi connectivity index (χ0n) is 19.7. The fraction of sp³-hybridized carbons (Fsp3) is 0.593. The van der Waals surface area contributed by atoms with Gasteiger partial charge in [-0.05, 0) is 48.6 Å². The molecule has 0 spiro atoms. The number of halogens is 1. The molecule has 0 amide bonds. The quantitative estimate of drug-likeness (QED) is 0.308. The smallest absolute Gasteiger partial charge is 0.131 e. The number of ether oxygens (including phenoxy) is 1. The van der Waals surface area contributed by atoms with E-state index in [1.54, 1.807) is 7.11 Å². The fourth-order valence-electron chi connectivity index (χ4n) is 6.26.